The van der Waals surface area contributed by atoms with Crippen LogP contribution < -0.4 is 5.32 Å². The van der Waals surface area contributed by atoms with E-state index in [-0.39, 0.29) is 5.91 Å². The Morgan fingerprint density at radius 2 is 1.77 bits per heavy atom. The van der Waals surface area contributed by atoms with Crippen molar-refractivity contribution in [3.8, 4) is 5.69 Å². The van der Waals surface area contributed by atoms with Gasteiger partial charge in [0.25, 0.3) is 5.91 Å². The molecule has 0 aliphatic heterocycles. The van der Waals surface area contributed by atoms with E-state index in [0.717, 1.165) is 30.6 Å². The average Bonchev–Trinajstić information content (AvgIpc) is 3.08. The van der Waals surface area contributed by atoms with E-state index in [4.69, 9.17) is 0 Å². The molecule has 1 N–H and O–H groups in total. The van der Waals surface area contributed by atoms with Crippen LogP contribution in [0.4, 0.5) is 0 Å². The molecule has 26 heavy (non-hydrogen) atoms. The number of nitrogens with one attached hydrogen (secondary N) is 1. The summed E-state index contributed by atoms with van der Waals surface area (Å²) in [7, 11) is 0. The van der Waals surface area contributed by atoms with Crippen molar-refractivity contribution in [1.82, 2.24) is 15.1 Å². The number of para-hydroxylation sites is 1. The molecule has 1 aromatic heterocycles. The Morgan fingerprint density at radius 1 is 1.04 bits per heavy atom. The van der Waals surface area contributed by atoms with Gasteiger partial charge in [-0.2, -0.15) is 5.10 Å². The average molecular weight is 347 g/mol. The number of carbonyl (C=O) groups is 1. The standard InChI is InChI=1S/C22H25N3O/c1-3-9-21-20(16-24-25(21)19-12-5-4-6-13-19)22(26)23-15-14-18-11-8-7-10-17(18)2/h4-8,10-13,16H,3,9,14-15H2,1-2H3,(H,23,26). The van der Waals surface area contributed by atoms with Crippen molar-refractivity contribution in [1.29, 1.82) is 0 Å². The van der Waals surface area contributed by atoms with E-state index in [1.54, 1.807) is 6.20 Å². The minimum Gasteiger partial charge on any atom is -0.352 e. The van der Waals surface area contributed by atoms with Crippen molar-refractivity contribution in [2.45, 2.75) is 33.1 Å². The van der Waals surface area contributed by atoms with Crippen LogP contribution in [0.2, 0.25) is 0 Å². The molecule has 4 heteroatoms. The molecule has 0 saturated heterocycles. The number of aryl methyl sites for hydroxylation is 1. The molecule has 4 nitrogen and oxygen atoms in total. The minimum absolute atomic E-state index is 0.0517. The molecule has 134 valence electrons. The number of hydrogen-bond acceptors (Lipinski definition) is 2. The molecule has 0 aliphatic rings. The number of carbonyl (C=O) groups excluding carboxylic acids is 1. The maximum absolute atomic E-state index is 12.7. The first-order chi connectivity index (χ1) is 12.7. The van der Waals surface area contributed by atoms with Gasteiger partial charge in [0.1, 0.15) is 0 Å². The van der Waals surface area contributed by atoms with Crippen molar-refractivity contribution < 1.29 is 4.79 Å². The van der Waals surface area contributed by atoms with Crippen LogP contribution in [-0.4, -0.2) is 22.2 Å². The zero-order valence-electron chi connectivity index (χ0n) is 15.4. The predicted molar refractivity (Wildman–Crippen MR) is 105 cm³/mol. The van der Waals surface area contributed by atoms with Gasteiger partial charge >= 0.3 is 0 Å². The van der Waals surface area contributed by atoms with Crippen molar-refractivity contribution in [3.63, 3.8) is 0 Å². The molecule has 0 bridgehead atoms. The molecule has 0 spiro atoms. The van der Waals surface area contributed by atoms with Gasteiger partial charge in [0.2, 0.25) is 0 Å². The third-order valence-electron chi connectivity index (χ3n) is 4.54. The molecule has 0 saturated carbocycles. The van der Waals surface area contributed by atoms with Crippen LogP contribution >= 0.6 is 0 Å². The number of amides is 1. The van der Waals surface area contributed by atoms with Gasteiger partial charge in [0, 0.05) is 6.54 Å². The lowest BCUT2D eigenvalue weighted by atomic mass is 10.1. The maximum Gasteiger partial charge on any atom is 0.254 e. The Kier molecular flexibility index (Phi) is 5.84. The van der Waals surface area contributed by atoms with Gasteiger partial charge in [-0.15, -0.1) is 0 Å². The van der Waals surface area contributed by atoms with Crippen LogP contribution in [0.25, 0.3) is 5.69 Å². The topological polar surface area (TPSA) is 46.9 Å². The Morgan fingerprint density at radius 3 is 2.50 bits per heavy atom. The van der Waals surface area contributed by atoms with Crippen LogP contribution in [0.1, 0.15) is 40.5 Å². The summed E-state index contributed by atoms with van der Waals surface area (Å²) >= 11 is 0. The summed E-state index contributed by atoms with van der Waals surface area (Å²) in [5.74, 6) is -0.0517. The van der Waals surface area contributed by atoms with Crippen molar-refractivity contribution in [2.75, 3.05) is 6.54 Å². The molecular formula is C22H25N3O. The fraction of sp³-hybridized carbons (Fsp3) is 0.273. The monoisotopic (exact) mass is 347 g/mol. The summed E-state index contributed by atoms with van der Waals surface area (Å²) in [5.41, 5.74) is 5.13. The van der Waals surface area contributed by atoms with Gasteiger partial charge < -0.3 is 5.32 Å². The fourth-order valence-electron chi connectivity index (χ4n) is 3.13. The van der Waals surface area contributed by atoms with Gasteiger partial charge in [-0.3, -0.25) is 4.79 Å². The zero-order chi connectivity index (χ0) is 18.4. The van der Waals surface area contributed by atoms with E-state index in [2.05, 4.69) is 36.4 Å². The number of rotatable bonds is 7. The minimum atomic E-state index is -0.0517. The highest BCUT2D eigenvalue weighted by molar-refractivity contribution is 5.95. The zero-order valence-corrected chi connectivity index (χ0v) is 15.4. The summed E-state index contributed by atoms with van der Waals surface area (Å²) in [5, 5.41) is 7.51. The number of benzene rings is 2. The van der Waals surface area contributed by atoms with E-state index >= 15 is 0 Å². The highest BCUT2D eigenvalue weighted by atomic mass is 16.1. The third-order valence-corrected chi connectivity index (χ3v) is 4.54. The maximum atomic E-state index is 12.7. The van der Waals surface area contributed by atoms with Crippen LogP contribution in [0.3, 0.4) is 0 Å². The molecule has 1 amide bonds. The third kappa shape index (κ3) is 4.02. The molecule has 0 atom stereocenters. The van der Waals surface area contributed by atoms with Crippen LogP contribution in [0.5, 0.6) is 0 Å². The first kappa shape index (κ1) is 17.9. The molecule has 3 aromatic rings. The van der Waals surface area contributed by atoms with Crippen molar-refractivity contribution in [3.05, 3.63) is 83.2 Å². The van der Waals surface area contributed by atoms with Gasteiger partial charge in [-0.25, -0.2) is 4.68 Å². The van der Waals surface area contributed by atoms with Gasteiger partial charge in [0.15, 0.2) is 0 Å². The van der Waals surface area contributed by atoms with E-state index in [9.17, 15) is 4.79 Å². The second-order valence-corrected chi connectivity index (χ2v) is 6.43. The van der Waals surface area contributed by atoms with E-state index in [0.29, 0.717) is 12.1 Å². The molecule has 0 unspecified atom stereocenters. The summed E-state index contributed by atoms with van der Waals surface area (Å²) < 4.78 is 1.87. The molecular weight excluding hydrogens is 322 g/mol. The highest BCUT2D eigenvalue weighted by Gasteiger charge is 2.17. The molecule has 0 radical (unpaired) electrons. The Hall–Kier alpha value is -2.88. The van der Waals surface area contributed by atoms with E-state index in [1.165, 1.54) is 11.1 Å². The first-order valence-corrected chi connectivity index (χ1v) is 9.15. The van der Waals surface area contributed by atoms with Crippen LogP contribution in [0.15, 0.2) is 60.8 Å². The van der Waals surface area contributed by atoms with Crippen molar-refractivity contribution >= 4 is 5.91 Å². The van der Waals surface area contributed by atoms with E-state index in [1.807, 2.05) is 47.1 Å². The summed E-state index contributed by atoms with van der Waals surface area (Å²) in [4.78, 5) is 12.7. The smallest absolute Gasteiger partial charge is 0.254 e. The van der Waals surface area contributed by atoms with Crippen LogP contribution in [0, 0.1) is 6.92 Å². The lowest BCUT2D eigenvalue weighted by Gasteiger charge is -2.10. The summed E-state index contributed by atoms with van der Waals surface area (Å²) in [6.07, 6.45) is 4.28. The molecule has 3 rings (SSSR count). The first-order valence-electron chi connectivity index (χ1n) is 9.15. The molecule has 1 heterocycles. The van der Waals surface area contributed by atoms with Gasteiger partial charge in [-0.05, 0) is 43.0 Å². The largest absolute Gasteiger partial charge is 0.352 e. The Labute approximate surface area is 154 Å². The van der Waals surface area contributed by atoms with Crippen molar-refractivity contribution in [2.24, 2.45) is 0 Å². The normalized spacial score (nSPS) is 10.7. The second kappa shape index (κ2) is 8.48. The number of nitrogens with zero attached hydrogens (tertiary/aromatic N) is 2. The van der Waals surface area contributed by atoms with E-state index < -0.39 is 0 Å². The fourth-order valence-corrected chi connectivity index (χ4v) is 3.13. The quantitative estimate of drug-likeness (QED) is 0.699. The molecule has 0 aliphatic carbocycles. The SMILES string of the molecule is CCCc1c(C(=O)NCCc2ccccc2C)cnn1-c1ccccc1. The lowest BCUT2D eigenvalue weighted by Crippen LogP contribution is -2.26. The van der Waals surface area contributed by atoms with Gasteiger partial charge in [-0.1, -0.05) is 55.8 Å². The molecule has 2 aromatic carbocycles. The van der Waals surface area contributed by atoms with Gasteiger partial charge in [0.05, 0.1) is 23.1 Å². The summed E-state index contributed by atoms with van der Waals surface area (Å²) in [6.45, 7) is 4.83. The number of aromatic nitrogens is 2. The Balaban J connectivity index is 1.73. The second-order valence-electron chi connectivity index (χ2n) is 6.43. The summed E-state index contributed by atoms with van der Waals surface area (Å²) in [6, 6.07) is 18.2. The lowest BCUT2D eigenvalue weighted by molar-refractivity contribution is 0.0953. The van der Waals surface area contributed by atoms with Crippen LogP contribution in [-0.2, 0) is 12.8 Å². The predicted octanol–water partition coefficient (Wildman–Crippen LogP) is 4.11. The number of hydrogen-bond donors (Lipinski definition) is 1. The highest BCUT2D eigenvalue weighted by Crippen LogP contribution is 2.17. The Bertz CT molecular complexity index is 868. The molecule has 0 fully saturated rings.